The van der Waals surface area contributed by atoms with Gasteiger partial charge in [0.05, 0.1) is 12.3 Å². The summed E-state index contributed by atoms with van der Waals surface area (Å²) < 4.78 is 5.04. The van der Waals surface area contributed by atoms with E-state index >= 15 is 0 Å². The van der Waals surface area contributed by atoms with Crippen molar-refractivity contribution < 1.29 is 4.74 Å². The fourth-order valence-corrected chi connectivity index (χ4v) is 0.829. The van der Waals surface area contributed by atoms with Crippen LogP contribution in [0.4, 0.5) is 0 Å². The largest absolute Gasteiger partial charge is 0.363 e. The van der Waals surface area contributed by atoms with Crippen LogP contribution in [0.3, 0.4) is 0 Å². The molecule has 0 amide bonds. The van der Waals surface area contributed by atoms with Gasteiger partial charge in [-0.1, -0.05) is 5.92 Å². The van der Waals surface area contributed by atoms with Crippen molar-refractivity contribution in [1.29, 1.82) is 0 Å². The van der Waals surface area contributed by atoms with Crippen LogP contribution in [0.15, 0.2) is 12.3 Å². The van der Waals surface area contributed by atoms with Crippen LogP contribution in [0.2, 0.25) is 5.28 Å². The van der Waals surface area contributed by atoms with Gasteiger partial charge in [0.25, 0.3) is 0 Å². The van der Waals surface area contributed by atoms with Gasteiger partial charge < -0.3 is 4.74 Å². The Morgan fingerprint density at radius 2 is 2.50 bits per heavy atom. The van der Waals surface area contributed by atoms with Crippen molar-refractivity contribution in [1.82, 2.24) is 9.97 Å². The Morgan fingerprint density at radius 3 is 3.17 bits per heavy atom. The van der Waals surface area contributed by atoms with Crippen LogP contribution < -0.4 is 0 Å². The number of rotatable bonds is 3. The Hall–Kier alpha value is -1.11. The molecule has 0 radical (unpaired) electrons. The van der Waals surface area contributed by atoms with E-state index in [1.807, 2.05) is 0 Å². The summed E-state index contributed by atoms with van der Waals surface area (Å²) in [6.45, 7) is 0.647. The summed E-state index contributed by atoms with van der Waals surface area (Å²) in [4.78, 5) is 7.63. The van der Waals surface area contributed by atoms with E-state index in [1.165, 1.54) is 0 Å². The van der Waals surface area contributed by atoms with Crippen LogP contribution in [-0.4, -0.2) is 16.6 Å². The highest BCUT2D eigenvalue weighted by Crippen LogP contribution is 2.01. The molecule has 0 aliphatic carbocycles. The minimum absolute atomic E-state index is 0.219. The van der Waals surface area contributed by atoms with Gasteiger partial charge in [-0.15, -0.1) is 6.42 Å². The molecular formula is C8H7ClN2O. The van der Waals surface area contributed by atoms with Crippen LogP contribution in [0.5, 0.6) is 0 Å². The maximum atomic E-state index is 5.54. The van der Waals surface area contributed by atoms with Crippen molar-refractivity contribution in [3.05, 3.63) is 23.2 Å². The summed E-state index contributed by atoms with van der Waals surface area (Å²) in [6.07, 6.45) is 6.56. The highest BCUT2D eigenvalue weighted by molar-refractivity contribution is 6.28. The molecule has 0 saturated carbocycles. The van der Waals surface area contributed by atoms with E-state index in [2.05, 4.69) is 15.9 Å². The van der Waals surface area contributed by atoms with Crippen molar-refractivity contribution in [2.45, 2.75) is 6.61 Å². The van der Waals surface area contributed by atoms with Gasteiger partial charge >= 0.3 is 0 Å². The molecule has 0 aliphatic heterocycles. The molecule has 0 spiro atoms. The van der Waals surface area contributed by atoms with Gasteiger partial charge in [-0.05, 0) is 17.7 Å². The van der Waals surface area contributed by atoms with Crippen LogP contribution in [-0.2, 0) is 11.3 Å². The number of hydrogen-bond acceptors (Lipinski definition) is 3. The average molecular weight is 183 g/mol. The summed E-state index contributed by atoms with van der Waals surface area (Å²) in [6, 6.07) is 1.72. The molecular weight excluding hydrogens is 176 g/mol. The Bertz CT molecular complexity index is 295. The van der Waals surface area contributed by atoms with Crippen molar-refractivity contribution in [3.63, 3.8) is 0 Å². The molecule has 0 unspecified atom stereocenters. The molecule has 12 heavy (non-hydrogen) atoms. The predicted molar refractivity (Wildman–Crippen MR) is 45.5 cm³/mol. The maximum absolute atomic E-state index is 5.54. The lowest BCUT2D eigenvalue weighted by atomic mass is 10.4. The van der Waals surface area contributed by atoms with Gasteiger partial charge in [-0.25, -0.2) is 9.97 Å². The first kappa shape index (κ1) is 8.98. The van der Waals surface area contributed by atoms with Crippen LogP contribution in [0.25, 0.3) is 0 Å². The van der Waals surface area contributed by atoms with E-state index in [9.17, 15) is 0 Å². The standard InChI is InChI=1S/C8H7ClN2O/c1-2-5-12-6-7-3-4-10-8(9)11-7/h1,3-4H,5-6H2. The topological polar surface area (TPSA) is 35.0 Å². The maximum Gasteiger partial charge on any atom is 0.222 e. The number of terminal acetylenes is 1. The zero-order valence-electron chi connectivity index (χ0n) is 6.33. The van der Waals surface area contributed by atoms with E-state index in [1.54, 1.807) is 12.3 Å². The smallest absolute Gasteiger partial charge is 0.222 e. The third-order valence-corrected chi connectivity index (χ3v) is 1.30. The number of nitrogens with zero attached hydrogens (tertiary/aromatic N) is 2. The average Bonchev–Trinajstić information content (AvgIpc) is 2.05. The summed E-state index contributed by atoms with van der Waals surface area (Å²) in [5.74, 6) is 2.35. The molecule has 1 aromatic rings. The van der Waals surface area contributed by atoms with Gasteiger partial charge in [0, 0.05) is 6.20 Å². The first-order chi connectivity index (χ1) is 5.83. The van der Waals surface area contributed by atoms with Crippen LogP contribution >= 0.6 is 11.6 Å². The normalized spacial score (nSPS) is 9.33. The van der Waals surface area contributed by atoms with Gasteiger partial charge in [-0.3, -0.25) is 0 Å². The number of hydrogen-bond donors (Lipinski definition) is 0. The summed E-state index contributed by atoms with van der Waals surface area (Å²) in [5.41, 5.74) is 0.727. The van der Waals surface area contributed by atoms with E-state index in [4.69, 9.17) is 22.8 Å². The third kappa shape index (κ3) is 2.87. The Kier molecular flexibility index (Phi) is 3.52. The van der Waals surface area contributed by atoms with Gasteiger partial charge in [0.15, 0.2) is 0 Å². The first-order valence-corrected chi connectivity index (χ1v) is 3.69. The SMILES string of the molecule is C#CCOCc1ccnc(Cl)n1. The predicted octanol–water partition coefficient (Wildman–Crippen LogP) is 1.28. The zero-order chi connectivity index (χ0) is 8.81. The van der Waals surface area contributed by atoms with Crippen molar-refractivity contribution in [3.8, 4) is 12.3 Å². The molecule has 0 bridgehead atoms. The lowest BCUT2D eigenvalue weighted by Gasteiger charge is -1.98. The van der Waals surface area contributed by atoms with Gasteiger partial charge in [0.1, 0.15) is 6.61 Å². The molecule has 1 heterocycles. The van der Waals surface area contributed by atoms with Crippen molar-refractivity contribution in [2.24, 2.45) is 0 Å². The van der Waals surface area contributed by atoms with Crippen LogP contribution in [0.1, 0.15) is 5.69 Å². The number of halogens is 1. The highest BCUT2D eigenvalue weighted by Gasteiger charge is 1.95. The molecule has 0 aromatic carbocycles. The van der Waals surface area contributed by atoms with E-state index in [0.717, 1.165) is 5.69 Å². The molecule has 0 saturated heterocycles. The van der Waals surface area contributed by atoms with E-state index in [-0.39, 0.29) is 11.9 Å². The Morgan fingerprint density at radius 1 is 1.67 bits per heavy atom. The third-order valence-electron chi connectivity index (χ3n) is 1.12. The number of aromatic nitrogens is 2. The quantitative estimate of drug-likeness (QED) is 0.401. The zero-order valence-corrected chi connectivity index (χ0v) is 7.08. The second-order valence-electron chi connectivity index (χ2n) is 2.01. The fourth-order valence-electron chi connectivity index (χ4n) is 0.664. The lowest BCUT2D eigenvalue weighted by molar-refractivity contribution is 0.150. The molecule has 62 valence electrons. The van der Waals surface area contributed by atoms with Crippen molar-refractivity contribution >= 4 is 11.6 Å². The molecule has 0 aliphatic rings. The second kappa shape index (κ2) is 4.70. The van der Waals surface area contributed by atoms with Crippen molar-refractivity contribution in [2.75, 3.05) is 6.61 Å². The Balaban J connectivity index is 2.48. The molecule has 1 rings (SSSR count). The molecule has 0 atom stereocenters. The summed E-state index contributed by atoms with van der Waals surface area (Å²) in [5, 5.41) is 0.219. The van der Waals surface area contributed by atoms with Gasteiger partial charge in [0.2, 0.25) is 5.28 Å². The van der Waals surface area contributed by atoms with Gasteiger partial charge in [-0.2, -0.15) is 0 Å². The fraction of sp³-hybridized carbons (Fsp3) is 0.250. The molecule has 3 nitrogen and oxygen atoms in total. The van der Waals surface area contributed by atoms with E-state index in [0.29, 0.717) is 6.61 Å². The summed E-state index contributed by atoms with van der Waals surface area (Å²) >= 11 is 5.54. The second-order valence-corrected chi connectivity index (χ2v) is 2.35. The first-order valence-electron chi connectivity index (χ1n) is 3.31. The minimum atomic E-state index is 0.219. The lowest BCUT2D eigenvalue weighted by Crippen LogP contribution is -1.96. The Labute approximate surface area is 75.7 Å². The molecule has 0 N–H and O–H groups in total. The number of ether oxygens (including phenoxy) is 1. The molecule has 4 heteroatoms. The monoisotopic (exact) mass is 182 g/mol. The molecule has 0 fully saturated rings. The highest BCUT2D eigenvalue weighted by atomic mass is 35.5. The summed E-state index contributed by atoms with van der Waals surface area (Å²) in [7, 11) is 0. The van der Waals surface area contributed by atoms with E-state index < -0.39 is 0 Å². The van der Waals surface area contributed by atoms with Crippen LogP contribution in [0, 0.1) is 12.3 Å². The molecule has 1 aromatic heterocycles. The minimum Gasteiger partial charge on any atom is -0.363 e.